The summed E-state index contributed by atoms with van der Waals surface area (Å²) >= 11 is 0. The smallest absolute Gasteiger partial charge is 0.361 e. The molecule has 0 spiro atoms. The summed E-state index contributed by atoms with van der Waals surface area (Å²) in [6.45, 7) is 4.54. The van der Waals surface area contributed by atoms with Crippen LogP contribution in [-0.2, 0) is 19.2 Å². The number of rotatable bonds is 5. The Morgan fingerprint density at radius 1 is 1.43 bits per heavy atom. The van der Waals surface area contributed by atoms with E-state index in [1.165, 1.54) is 12.3 Å². The van der Waals surface area contributed by atoms with Gasteiger partial charge >= 0.3 is 11.9 Å². The number of nitrogens with zero attached hydrogens (tertiary/aromatic N) is 3. The quantitative estimate of drug-likeness (QED) is 0.446. The topological polar surface area (TPSA) is 137 Å². The van der Waals surface area contributed by atoms with Crippen LogP contribution >= 0.6 is 0 Å². The van der Waals surface area contributed by atoms with Gasteiger partial charge in [-0.25, -0.2) is 19.6 Å². The summed E-state index contributed by atoms with van der Waals surface area (Å²) in [6.07, 6.45) is 1.28. The Balaban J connectivity index is 2.75. The summed E-state index contributed by atoms with van der Waals surface area (Å²) < 4.78 is 4.97. The van der Waals surface area contributed by atoms with Crippen molar-refractivity contribution in [3.63, 3.8) is 0 Å². The molecule has 0 aliphatic rings. The monoisotopic (exact) mass is 296 g/mol. The van der Waals surface area contributed by atoms with Gasteiger partial charge in [-0.1, -0.05) is 5.16 Å². The number of carboxylic acid groups (broad SMARTS) is 1. The Labute approximate surface area is 120 Å². The lowest BCUT2D eigenvalue weighted by molar-refractivity contribution is -0.160. The lowest BCUT2D eigenvalue weighted by Gasteiger charge is -2.18. The normalized spacial score (nSPS) is 11.9. The average molecular weight is 296 g/mol. The number of anilines is 1. The Morgan fingerprint density at radius 2 is 2.10 bits per heavy atom. The fourth-order valence-corrected chi connectivity index (χ4v) is 1.18. The molecule has 0 atom stereocenters. The van der Waals surface area contributed by atoms with Gasteiger partial charge in [0.05, 0.1) is 0 Å². The molecule has 0 fully saturated rings. The summed E-state index contributed by atoms with van der Waals surface area (Å²) in [5.74, 6) is -2.22. The molecule has 0 saturated heterocycles. The summed E-state index contributed by atoms with van der Waals surface area (Å²) in [5, 5.41) is 12.4. The molecule has 21 heavy (non-hydrogen) atoms. The van der Waals surface area contributed by atoms with Gasteiger partial charge in [0.1, 0.15) is 11.4 Å². The van der Waals surface area contributed by atoms with Gasteiger partial charge in [0, 0.05) is 6.20 Å². The highest BCUT2D eigenvalue weighted by Crippen LogP contribution is 2.07. The third-order valence-corrected chi connectivity index (χ3v) is 1.85. The highest BCUT2D eigenvalue weighted by atomic mass is 16.7. The first-order valence-corrected chi connectivity index (χ1v) is 5.93. The van der Waals surface area contributed by atoms with Crippen molar-refractivity contribution in [2.24, 2.45) is 5.16 Å². The van der Waals surface area contributed by atoms with Crippen molar-refractivity contribution in [1.82, 2.24) is 9.97 Å². The van der Waals surface area contributed by atoms with E-state index in [0.717, 1.165) is 0 Å². The fourth-order valence-electron chi connectivity index (χ4n) is 1.18. The van der Waals surface area contributed by atoms with Crippen molar-refractivity contribution < 1.29 is 24.3 Å². The zero-order valence-corrected chi connectivity index (χ0v) is 11.9. The average Bonchev–Trinajstić information content (AvgIpc) is 2.31. The summed E-state index contributed by atoms with van der Waals surface area (Å²) in [7, 11) is 0. The molecule has 0 aliphatic heterocycles. The van der Waals surface area contributed by atoms with E-state index >= 15 is 0 Å². The first-order valence-electron chi connectivity index (χ1n) is 5.93. The number of carboxylic acids is 1. The largest absolute Gasteiger partial charge is 0.476 e. The number of aliphatic carboxylic acids is 1. The SMILES string of the molecule is CC(C)(C)OC(=O)CO/N=C(/C(=O)O)c1nccc(N)n1. The lowest BCUT2D eigenvalue weighted by atomic mass is 10.2. The molecule has 1 aromatic heterocycles. The van der Waals surface area contributed by atoms with E-state index in [1.807, 2.05) is 0 Å². The fraction of sp³-hybridized carbons (Fsp3) is 0.417. The van der Waals surface area contributed by atoms with Crippen LogP contribution in [0.5, 0.6) is 0 Å². The van der Waals surface area contributed by atoms with E-state index in [9.17, 15) is 9.59 Å². The number of esters is 1. The maximum absolute atomic E-state index is 11.4. The predicted octanol–water partition coefficient (Wildman–Crippen LogP) is 0.206. The summed E-state index contributed by atoms with van der Waals surface area (Å²) in [4.78, 5) is 34.6. The van der Waals surface area contributed by atoms with E-state index in [1.54, 1.807) is 20.8 Å². The second-order valence-corrected chi connectivity index (χ2v) is 4.91. The zero-order valence-electron chi connectivity index (χ0n) is 11.9. The standard InChI is InChI=1S/C12H16N4O5/c1-12(2,3)21-8(17)6-20-16-9(11(18)19)10-14-5-4-7(13)15-10/h4-5H,6H2,1-3H3,(H,18,19)(H2,13,14,15)/b16-9+. The molecule has 9 nitrogen and oxygen atoms in total. The molecule has 1 rings (SSSR count). The highest BCUT2D eigenvalue weighted by Gasteiger charge is 2.19. The Bertz CT molecular complexity index is 565. The van der Waals surface area contributed by atoms with Crippen LogP contribution in [0.15, 0.2) is 17.4 Å². The molecule has 0 amide bonds. The second kappa shape index (κ2) is 6.64. The molecule has 9 heteroatoms. The van der Waals surface area contributed by atoms with Crippen molar-refractivity contribution in [3.05, 3.63) is 18.1 Å². The number of nitrogen functional groups attached to an aromatic ring is 1. The Hall–Kier alpha value is -2.71. The molecular formula is C12H16N4O5. The number of nitrogens with two attached hydrogens (primary N) is 1. The molecule has 3 N–H and O–H groups in total. The number of hydrogen-bond acceptors (Lipinski definition) is 8. The summed E-state index contributed by atoms with van der Waals surface area (Å²) in [6, 6.07) is 1.39. The van der Waals surface area contributed by atoms with Gasteiger partial charge in [0.25, 0.3) is 0 Å². The summed E-state index contributed by atoms with van der Waals surface area (Å²) in [5.41, 5.74) is 4.19. The number of ether oxygens (including phenoxy) is 1. The molecule has 0 bridgehead atoms. The van der Waals surface area contributed by atoms with Gasteiger partial charge in [-0.05, 0) is 26.8 Å². The molecule has 0 aliphatic carbocycles. The van der Waals surface area contributed by atoms with E-state index in [0.29, 0.717) is 0 Å². The van der Waals surface area contributed by atoms with Gasteiger partial charge in [-0.3, -0.25) is 0 Å². The highest BCUT2D eigenvalue weighted by molar-refractivity contribution is 6.41. The number of hydrogen-bond donors (Lipinski definition) is 2. The van der Waals surface area contributed by atoms with Crippen LogP contribution < -0.4 is 5.73 Å². The van der Waals surface area contributed by atoms with Crippen molar-refractivity contribution in [3.8, 4) is 0 Å². The van der Waals surface area contributed by atoms with Crippen molar-refractivity contribution in [2.75, 3.05) is 12.3 Å². The van der Waals surface area contributed by atoms with E-state index in [4.69, 9.17) is 15.6 Å². The first-order chi connectivity index (χ1) is 9.69. The minimum atomic E-state index is -1.41. The van der Waals surface area contributed by atoms with Crippen molar-refractivity contribution >= 4 is 23.5 Å². The van der Waals surface area contributed by atoms with Crippen LogP contribution in [0.4, 0.5) is 5.82 Å². The molecular weight excluding hydrogens is 280 g/mol. The van der Waals surface area contributed by atoms with Crippen molar-refractivity contribution in [1.29, 1.82) is 0 Å². The first kappa shape index (κ1) is 16.3. The predicted molar refractivity (Wildman–Crippen MR) is 72.4 cm³/mol. The number of carbonyl (C=O) groups excluding carboxylic acids is 1. The van der Waals surface area contributed by atoms with E-state index in [2.05, 4.69) is 20.0 Å². The van der Waals surface area contributed by atoms with Crippen molar-refractivity contribution in [2.45, 2.75) is 26.4 Å². The molecule has 1 heterocycles. The molecule has 0 aromatic carbocycles. The van der Waals surface area contributed by atoms with Crippen LogP contribution in [0.3, 0.4) is 0 Å². The van der Waals surface area contributed by atoms with Crippen LogP contribution in [0.1, 0.15) is 26.6 Å². The zero-order chi connectivity index (χ0) is 16.0. The third kappa shape index (κ3) is 5.85. The minimum Gasteiger partial charge on any atom is -0.476 e. The van der Waals surface area contributed by atoms with Crippen LogP contribution in [0.25, 0.3) is 0 Å². The Morgan fingerprint density at radius 3 is 2.62 bits per heavy atom. The molecule has 1 aromatic rings. The van der Waals surface area contributed by atoms with Gasteiger partial charge in [0.2, 0.25) is 12.3 Å². The Kier molecular flexibility index (Phi) is 5.17. The maximum Gasteiger partial charge on any atom is 0.361 e. The third-order valence-electron chi connectivity index (χ3n) is 1.85. The van der Waals surface area contributed by atoms with Gasteiger partial charge in [-0.15, -0.1) is 0 Å². The van der Waals surface area contributed by atoms with Gasteiger partial charge in [0.15, 0.2) is 5.82 Å². The second-order valence-electron chi connectivity index (χ2n) is 4.91. The number of oxime groups is 1. The number of aromatic nitrogens is 2. The van der Waals surface area contributed by atoms with E-state index in [-0.39, 0.29) is 11.6 Å². The molecule has 114 valence electrons. The van der Waals surface area contributed by atoms with E-state index < -0.39 is 29.9 Å². The van der Waals surface area contributed by atoms with Gasteiger partial charge in [-0.2, -0.15) is 0 Å². The molecule has 0 radical (unpaired) electrons. The minimum absolute atomic E-state index is 0.0843. The maximum atomic E-state index is 11.4. The van der Waals surface area contributed by atoms with Crippen LogP contribution in [-0.4, -0.2) is 44.9 Å². The number of carbonyl (C=O) groups is 2. The van der Waals surface area contributed by atoms with Crippen LogP contribution in [0, 0.1) is 0 Å². The lowest BCUT2D eigenvalue weighted by Crippen LogP contribution is -2.26. The molecule has 0 saturated carbocycles. The molecule has 0 unspecified atom stereocenters. The van der Waals surface area contributed by atoms with Crippen LogP contribution in [0.2, 0.25) is 0 Å². The van der Waals surface area contributed by atoms with Gasteiger partial charge < -0.3 is 20.4 Å².